The Morgan fingerprint density at radius 2 is 1.33 bits per heavy atom. The lowest BCUT2D eigenvalue weighted by Gasteiger charge is -2.23. The molecule has 2 saturated carbocycles. The third-order valence-corrected chi connectivity index (χ3v) is 4.54. The van der Waals surface area contributed by atoms with Crippen molar-refractivity contribution in [2.45, 2.75) is 82.7 Å². The van der Waals surface area contributed by atoms with E-state index in [2.05, 4.69) is 0 Å². The summed E-state index contributed by atoms with van der Waals surface area (Å²) in [5.41, 5.74) is 0. The maximum atomic E-state index is 10.1. The van der Waals surface area contributed by atoms with Crippen LogP contribution in [0, 0.1) is 0 Å². The molecule has 2 rings (SSSR count). The Hall–Kier alpha value is -0.690. The summed E-state index contributed by atoms with van der Waals surface area (Å²) in [5, 5.41) is 8.32. The molecule has 0 heterocycles. The first-order chi connectivity index (χ1) is 11.7. The van der Waals surface area contributed by atoms with Gasteiger partial charge in [-0.3, -0.25) is 0 Å². The van der Waals surface area contributed by atoms with Gasteiger partial charge in [-0.15, -0.1) is 0 Å². The molecule has 0 unspecified atom stereocenters. The number of carboxylic acid groups (broad SMARTS) is 1. The van der Waals surface area contributed by atoms with Crippen molar-refractivity contribution >= 4 is 5.97 Å². The molecule has 142 valence electrons. The highest BCUT2D eigenvalue weighted by Gasteiger charge is 2.16. The minimum atomic E-state index is -0.865. The van der Waals surface area contributed by atoms with Crippen molar-refractivity contribution < 1.29 is 28.8 Å². The number of hydrogen-bond donors (Lipinski definition) is 1. The SMILES string of the molecule is COC(COC1CCCCC1)OC.O=C(O)COC1CCCCC1. The maximum absolute atomic E-state index is 10.1. The molecule has 0 bridgehead atoms. The third-order valence-electron chi connectivity index (χ3n) is 4.54. The zero-order valence-electron chi connectivity index (χ0n) is 15.2. The van der Waals surface area contributed by atoms with E-state index in [0.717, 1.165) is 12.8 Å². The summed E-state index contributed by atoms with van der Waals surface area (Å²) in [4.78, 5) is 10.1. The summed E-state index contributed by atoms with van der Waals surface area (Å²) in [6.07, 6.45) is 12.5. The van der Waals surface area contributed by atoms with Crippen LogP contribution >= 0.6 is 0 Å². The van der Waals surface area contributed by atoms with Gasteiger partial charge in [-0.2, -0.15) is 0 Å². The minimum absolute atomic E-state index is 0.134. The number of aliphatic carboxylic acids is 1. The Bertz CT molecular complexity index is 307. The highest BCUT2D eigenvalue weighted by Crippen LogP contribution is 2.21. The van der Waals surface area contributed by atoms with Crippen molar-refractivity contribution in [1.82, 2.24) is 0 Å². The molecule has 6 nitrogen and oxygen atoms in total. The smallest absolute Gasteiger partial charge is 0.329 e. The summed E-state index contributed by atoms with van der Waals surface area (Å²) in [6, 6.07) is 0. The molecule has 2 aliphatic carbocycles. The third kappa shape index (κ3) is 10.2. The Labute approximate surface area is 145 Å². The predicted molar refractivity (Wildman–Crippen MR) is 91.1 cm³/mol. The zero-order valence-corrected chi connectivity index (χ0v) is 15.2. The van der Waals surface area contributed by atoms with Gasteiger partial charge >= 0.3 is 5.97 Å². The lowest BCUT2D eigenvalue weighted by Crippen LogP contribution is -2.26. The average molecular weight is 346 g/mol. The maximum Gasteiger partial charge on any atom is 0.329 e. The number of ether oxygens (including phenoxy) is 4. The molecule has 0 aromatic heterocycles. The van der Waals surface area contributed by atoms with Crippen LogP contribution in [0.2, 0.25) is 0 Å². The molecular formula is C18H34O6. The van der Waals surface area contributed by atoms with Crippen molar-refractivity contribution in [3.8, 4) is 0 Å². The van der Waals surface area contributed by atoms with E-state index in [4.69, 9.17) is 24.1 Å². The predicted octanol–water partition coefficient (Wildman–Crippen LogP) is 3.37. The van der Waals surface area contributed by atoms with Gasteiger partial charge in [0, 0.05) is 14.2 Å². The number of carboxylic acids is 1. The van der Waals surface area contributed by atoms with Crippen molar-refractivity contribution in [3.05, 3.63) is 0 Å². The lowest BCUT2D eigenvalue weighted by atomic mass is 9.98. The molecule has 0 radical (unpaired) electrons. The topological polar surface area (TPSA) is 74.2 Å². The first-order valence-electron chi connectivity index (χ1n) is 9.16. The van der Waals surface area contributed by atoms with Crippen LogP contribution in [0.25, 0.3) is 0 Å². The van der Waals surface area contributed by atoms with Crippen LogP contribution in [0.1, 0.15) is 64.2 Å². The van der Waals surface area contributed by atoms with Gasteiger partial charge in [-0.25, -0.2) is 4.79 Å². The van der Waals surface area contributed by atoms with E-state index in [1.54, 1.807) is 14.2 Å². The fraction of sp³-hybridized carbons (Fsp3) is 0.944. The number of rotatable bonds is 8. The van der Waals surface area contributed by atoms with E-state index >= 15 is 0 Å². The molecule has 24 heavy (non-hydrogen) atoms. The lowest BCUT2D eigenvalue weighted by molar-refractivity contribution is -0.154. The molecule has 2 aliphatic rings. The second-order valence-electron chi connectivity index (χ2n) is 6.46. The molecule has 0 amide bonds. The first-order valence-corrected chi connectivity index (χ1v) is 9.16. The van der Waals surface area contributed by atoms with Crippen LogP contribution in [-0.4, -0.2) is 57.0 Å². The molecule has 6 heteroatoms. The van der Waals surface area contributed by atoms with Crippen LogP contribution < -0.4 is 0 Å². The molecule has 0 aromatic rings. The van der Waals surface area contributed by atoms with E-state index in [0.29, 0.717) is 12.7 Å². The Morgan fingerprint density at radius 3 is 1.75 bits per heavy atom. The minimum Gasteiger partial charge on any atom is -0.480 e. The summed E-state index contributed by atoms with van der Waals surface area (Å²) >= 11 is 0. The Balaban J connectivity index is 0.000000243. The Kier molecular flexibility index (Phi) is 12.1. The van der Waals surface area contributed by atoms with Gasteiger partial charge in [0.1, 0.15) is 6.61 Å². The van der Waals surface area contributed by atoms with Crippen LogP contribution in [-0.2, 0) is 23.7 Å². The zero-order chi connectivity index (χ0) is 17.6. The first kappa shape index (κ1) is 21.4. The average Bonchev–Trinajstić information content (AvgIpc) is 2.63. The standard InChI is InChI=1S/C10H20O3.C8H14O3/c1-11-10(12-2)8-13-9-6-4-3-5-7-9;9-8(10)6-11-7-4-2-1-3-5-7/h9-10H,3-8H2,1-2H3;7H,1-6H2,(H,9,10). The fourth-order valence-electron chi connectivity index (χ4n) is 3.10. The van der Waals surface area contributed by atoms with Crippen LogP contribution in [0.4, 0.5) is 0 Å². The monoisotopic (exact) mass is 346 g/mol. The summed E-state index contributed by atoms with van der Waals surface area (Å²) in [5.74, 6) is -0.865. The molecule has 1 N–H and O–H groups in total. The normalized spacial score (nSPS) is 19.8. The van der Waals surface area contributed by atoms with E-state index < -0.39 is 5.97 Å². The highest BCUT2D eigenvalue weighted by atomic mass is 16.7. The molecule has 0 atom stereocenters. The number of methoxy groups -OCH3 is 2. The summed E-state index contributed by atoms with van der Waals surface area (Å²) in [7, 11) is 3.27. The van der Waals surface area contributed by atoms with E-state index in [1.807, 2.05) is 0 Å². The molecular weight excluding hydrogens is 312 g/mol. The molecule has 0 aromatic carbocycles. The number of hydrogen-bond acceptors (Lipinski definition) is 5. The van der Waals surface area contributed by atoms with Gasteiger partial charge in [0.25, 0.3) is 0 Å². The molecule has 0 aliphatic heterocycles. The van der Waals surface area contributed by atoms with Gasteiger partial charge in [0.15, 0.2) is 6.29 Å². The van der Waals surface area contributed by atoms with Gasteiger partial charge in [0.2, 0.25) is 0 Å². The summed E-state index contributed by atoms with van der Waals surface area (Å²) < 4.78 is 20.9. The van der Waals surface area contributed by atoms with Crippen molar-refractivity contribution in [2.24, 2.45) is 0 Å². The van der Waals surface area contributed by atoms with Crippen molar-refractivity contribution in [2.75, 3.05) is 27.4 Å². The van der Waals surface area contributed by atoms with Crippen molar-refractivity contribution in [3.63, 3.8) is 0 Å². The Morgan fingerprint density at radius 1 is 0.875 bits per heavy atom. The van der Waals surface area contributed by atoms with E-state index in [9.17, 15) is 4.79 Å². The molecule has 2 fully saturated rings. The quantitative estimate of drug-likeness (QED) is 0.679. The van der Waals surface area contributed by atoms with Gasteiger partial charge in [-0.05, 0) is 25.7 Å². The second kappa shape index (κ2) is 13.6. The van der Waals surface area contributed by atoms with Gasteiger partial charge in [-0.1, -0.05) is 38.5 Å². The second-order valence-corrected chi connectivity index (χ2v) is 6.46. The largest absolute Gasteiger partial charge is 0.480 e. The fourth-order valence-corrected chi connectivity index (χ4v) is 3.10. The van der Waals surface area contributed by atoms with Crippen LogP contribution in [0.3, 0.4) is 0 Å². The van der Waals surface area contributed by atoms with Gasteiger partial charge < -0.3 is 24.1 Å². The number of carbonyl (C=O) groups is 1. The van der Waals surface area contributed by atoms with Crippen molar-refractivity contribution in [1.29, 1.82) is 0 Å². The van der Waals surface area contributed by atoms with E-state index in [-0.39, 0.29) is 19.0 Å². The van der Waals surface area contributed by atoms with Gasteiger partial charge in [0.05, 0.1) is 18.8 Å². The van der Waals surface area contributed by atoms with Crippen LogP contribution in [0.5, 0.6) is 0 Å². The summed E-state index contributed by atoms with van der Waals surface area (Å²) in [6.45, 7) is 0.419. The van der Waals surface area contributed by atoms with E-state index in [1.165, 1.54) is 51.4 Å². The highest BCUT2D eigenvalue weighted by molar-refractivity contribution is 5.68. The molecule has 0 saturated heterocycles. The molecule has 0 spiro atoms. The van der Waals surface area contributed by atoms with Crippen LogP contribution in [0.15, 0.2) is 0 Å².